The van der Waals surface area contributed by atoms with E-state index in [4.69, 9.17) is 9.84 Å². The molecule has 0 saturated carbocycles. The van der Waals surface area contributed by atoms with Crippen molar-refractivity contribution in [1.29, 1.82) is 0 Å². The van der Waals surface area contributed by atoms with Crippen LogP contribution < -0.4 is 15.4 Å². The fraction of sp³-hybridized carbons (Fsp3) is 0.769. The Morgan fingerprint density at radius 1 is 1.10 bits per heavy atom. The van der Waals surface area contributed by atoms with Gasteiger partial charge >= 0.3 is 6.01 Å². The molecular weight excluding hydrogens is 258 g/mol. The number of hydrogen-bond acceptors (Lipinski definition) is 7. The first-order chi connectivity index (χ1) is 9.46. The molecule has 2 atom stereocenters. The lowest BCUT2D eigenvalue weighted by Crippen LogP contribution is -2.27. The Hall–Kier alpha value is -1.63. The van der Waals surface area contributed by atoms with Crippen molar-refractivity contribution in [2.75, 3.05) is 23.8 Å². The summed E-state index contributed by atoms with van der Waals surface area (Å²) in [6.45, 7) is 10.6. The summed E-state index contributed by atoms with van der Waals surface area (Å²) in [5, 5.41) is 15.4. The SMILES string of the molecule is CCNc1nc(NC(C)C(C)CO)nc(OC(C)C)n1. The molecule has 0 fully saturated rings. The number of aliphatic hydroxyl groups is 1. The van der Waals surface area contributed by atoms with E-state index in [-0.39, 0.29) is 30.7 Å². The van der Waals surface area contributed by atoms with Gasteiger partial charge in [0.15, 0.2) is 0 Å². The van der Waals surface area contributed by atoms with Crippen LogP contribution in [0.4, 0.5) is 11.9 Å². The highest BCUT2D eigenvalue weighted by Crippen LogP contribution is 2.15. The highest BCUT2D eigenvalue weighted by Gasteiger charge is 2.14. The van der Waals surface area contributed by atoms with E-state index in [0.29, 0.717) is 18.4 Å². The van der Waals surface area contributed by atoms with Gasteiger partial charge < -0.3 is 20.5 Å². The fourth-order valence-electron chi connectivity index (χ4n) is 1.43. The maximum atomic E-state index is 9.17. The third kappa shape index (κ3) is 5.16. The maximum Gasteiger partial charge on any atom is 0.323 e. The summed E-state index contributed by atoms with van der Waals surface area (Å²) in [5.74, 6) is 1.02. The molecular formula is C13H25N5O2. The van der Waals surface area contributed by atoms with Gasteiger partial charge in [0, 0.05) is 19.2 Å². The molecule has 1 aromatic rings. The molecule has 0 bridgehead atoms. The number of hydrogen-bond donors (Lipinski definition) is 3. The topological polar surface area (TPSA) is 92.2 Å². The number of anilines is 2. The van der Waals surface area contributed by atoms with Crippen molar-refractivity contribution in [1.82, 2.24) is 15.0 Å². The van der Waals surface area contributed by atoms with Crippen molar-refractivity contribution in [3.63, 3.8) is 0 Å². The van der Waals surface area contributed by atoms with E-state index in [0.717, 1.165) is 0 Å². The van der Waals surface area contributed by atoms with E-state index >= 15 is 0 Å². The molecule has 7 heteroatoms. The average Bonchev–Trinajstić information content (AvgIpc) is 2.36. The van der Waals surface area contributed by atoms with Crippen LogP contribution in [0.15, 0.2) is 0 Å². The first-order valence-electron chi connectivity index (χ1n) is 7.00. The predicted octanol–water partition coefficient (Wildman–Crippen LogP) is 1.52. The van der Waals surface area contributed by atoms with Crippen LogP contribution in [0.3, 0.4) is 0 Å². The second-order valence-electron chi connectivity index (χ2n) is 5.06. The van der Waals surface area contributed by atoms with Crippen molar-refractivity contribution >= 4 is 11.9 Å². The van der Waals surface area contributed by atoms with Crippen LogP contribution in [-0.2, 0) is 0 Å². The van der Waals surface area contributed by atoms with Gasteiger partial charge in [-0.25, -0.2) is 0 Å². The molecule has 0 saturated heterocycles. The van der Waals surface area contributed by atoms with E-state index in [1.807, 2.05) is 34.6 Å². The Labute approximate surface area is 120 Å². The van der Waals surface area contributed by atoms with Gasteiger partial charge in [0.1, 0.15) is 0 Å². The van der Waals surface area contributed by atoms with Crippen LogP contribution in [0.1, 0.15) is 34.6 Å². The third-order valence-corrected chi connectivity index (χ3v) is 2.79. The molecule has 0 aliphatic heterocycles. The first kappa shape index (κ1) is 16.4. The van der Waals surface area contributed by atoms with Crippen molar-refractivity contribution < 1.29 is 9.84 Å². The van der Waals surface area contributed by atoms with Crippen LogP contribution in [0.5, 0.6) is 6.01 Å². The van der Waals surface area contributed by atoms with Gasteiger partial charge in [0.2, 0.25) is 11.9 Å². The molecule has 3 N–H and O–H groups in total. The Bertz CT molecular complexity index is 414. The van der Waals surface area contributed by atoms with Crippen molar-refractivity contribution in [3.8, 4) is 6.01 Å². The van der Waals surface area contributed by atoms with Gasteiger partial charge in [-0.15, -0.1) is 0 Å². The highest BCUT2D eigenvalue weighted by molar-refractivity contribution is 5.36. The van der Waals surface area contributed by atoms with Gasteiger partial charge in [-0.2, -0.15) is 15.0 Å². The van der Waals surface area contributed by atoms with Crippen LogP contribution in [0, 0.1) is 5.92 Å². The number of aromatic nitrogens is 3. The quantitative estimate of drug-likeness (QED) is 0.666. The molecule has 0 aliphatic rings. The molecule has 0 amide bonds. The van der Waals surface area contributed by atoms with Crippen LogP contribution in [0.25, 0.3) is 0 Å². The van der Waals surface area contributed by atoms with Gasteiger partial charge in [0.05, 0.1) is 6.10 Å². The number of rotatable bonds is 8. The summed E-state index contributed by atoms with van der Waals surface area (Å²) in [6, 6.07) is 0.334. The van der Waals surface area contributed by atoms with E-state index in [1.165, 1.54) is 0 Å². The fourth-order valence-corrected chi connectivity index (χ4v) is 1.43. The van der Waals surface area contributed by atoms with Crippen LogP contribution in [0.2, 0.25) is 0 Å². The number of nitrogens with one attached hydrogen (secondary N) is 2. The third-order valence-electron chi connectivity index (χ3n) is 2.79. The zero-order chi connectivity index (χ0) is 15.1. The Balaban J connectivity index is 2.90. The molecule has 2 unspecified atom stereocenters. The molecule has 7 nitrogen and oxygen atoms in total. The molecule has 20 heavy (non-hydrogen) atoms. The zero-order valence-corrected chi connectivity index (χ0v) is 12.8. The smallest absolute Gasteiger partial charge is 0.323 e. The molecule has 1 aromatic heterocycles. The van der Waals surface area contributed by atoms with Crippen molar-refractivity contribution in [2.24, 2.45) is 5.92 Å². The number of aliphatic hydroxyl groups excluding tert-OH is 1. The predicted molar refractivity (Wildman–Crippen MR) is 79.1 cm³/mol. The minimum Gasteiger partial charge on any atom is -0.461 e. The standard InChI is InChI=1S/C13H25N5O2/c1-6-14-11-16-12(15-10(5)9(4)7-19)18-13(17-11)20-8(2)3/h8-10,19H,6-7H2,1-5H3,(H2,14,15,16,17,18). The summed E-state index contributed by atoms with van der Waals surface area (Å²) in [5.41, 5.74) is 0. The lowest BCUT2D eigenvalue weighted by atomic mass is 10.1. The lowest BCUT2D eigenvalue weighted by molar-refractivity contribution is 0.221. The minimum absolute atomic E-state index is 0.00600. The number of ether oxygens (including phenoxy) is 1. The molecule has 0 radical (unpaired) electrons. The van der Waals surface area contributed by atoms with Crippen LogP contribution >= 0.6 is 0 Å². The second kappa shape index (κ2) is 7.84. The normalized spacial score (nSPS) is 13.9. The highest BCUT2D eigenvalue weighted by atomic mass is 16.5. The Morgan fingerprint density at radius 3 is 2.30 bits per heavy atom. The minimum atomic E-state index is -0.00600. The summed E-state index contributed by atoms with van der Waals surface area (Å²) < 4.78 is 5.52. The molecule has 114 valence electrons. The van der Waals surface area contributed by atoms with E-state index < -0.39 is 0 Å². The molecule has 1 heterocycles. The monoisotopic (exact) mass is 283 g/mol. The van der Waals surface area contributed by atoms with Gasteiger partial charge in [-0.05, 0) is 33.6 Å². The second-order valence-corrected chi connectivity index (χ2v) is 5.06. The van der Waals surface area contributed by atoms with Gasteiger partial charge in [-0.3, -0.25) is 0 Å². The maximum absolute atomic E-state index is 9.17. The summed E-state index contributed by atoms with van der Waals surface area (Å²) in [7, 11) is 0. The van der Waals surface area contributed by atoms with Crippen LogP contribution in [-0.4, -0.2) is 45.4 Å². The molecule has 0 aromatic carbocycles. The zero-order valence-electron chi connectivity index (χ0n) is 12.8. The van der Waals surface area contributed by atoms with Crippen molar-refractivity contribution in [2.45, 2.75) is 46.8 Å². The Morgan fingerprint density at radius 2 is 1.75 bits per heavy atom. The summed E-state index contributed by atoms with van der Waals surface area (Å²) in [4.78, 5) is 12.7. The Kier molecular flexibility index (Phi) is 6.44. The number of nitrogens with zero attached hydrogens (tertiary/aromatic N) is 3. The molecule has 1 rings (SSSR count). The van der Waals surface area contributed by atoms with Gasteiger partial charge in [-0.1, -0.05) is 6.92 Å². The van der Waals surface area contributed by atoms with Gasteiger partial charge in [0.25, 0.3) is 0 Å². The van der Waals surface area contributed by atoms with E-state index in [2.05, 4.69) is 25.6 Å². The van der Waals surface area contributed by atoms with E-state index in [9.17, 15) is 0 Å². The summed E-state index contributed by atoms with van der Waals surface area (Å²) in [6.07, 6.45) is -0.00600. The summed E-state index contributed by atoms with van der Waals surface area (Å²) >= 11 is 0. The lowest BCUT2D eigenvalue weighted by Gasteiger charge is -2.19. The molecule has 0 aliphatic carbocycles. The average molecular weight is 283 g/mol. The van der Waals surface area contributed by atoms with Crippen molar-refractivity contribution in [3.05, 3.63) is 0 Å². The molecule has 0 spiro atoms. The largest absolute Gasteiger partial charge is 0.461 e. The van der Waals surface area contributed by atoms with E-state index in [1.54, 1.807) is 0 Å². The first-order valence-corrected chi connectivity index (χ1v) is 7.00.